The molecular formula is C13H21N3O3. The summed E-state index contributed by atoms with van der Waals surface area (Å²) in [6.07, 6.45) is 5.19. The van der Waals surface area contributed by atoms with Crippen LogP contribution in [0.1, 0.15) is 26.2 Å². The number of aryl methyl sites for hydroxylation is 1. The van der Waals surface area contributed by atoms with Crippen LogP contribution in [0.5, 0.6) is 0 Å². The smallest absolute Gasteiger partial charge is 0.305 e. The highest BCUT2D eigenvalue weighted by Crippen LogP contribution is 2.03. The lowest BCUT2D eigenvalue weighted by molar-refractivity contribution is -0.140. The average molecular weight is 267 g/mol. The van der Waals surface area contributed by atoms with E-state index in [9.17, 15) is 9.59 Å². The molecule has 0 N–H and O–H groups in total. The number of methoxy groups -OCH3 is 1. The van der Waals surface area contributed by atoms with Crippen molar-refractivity contribution in [2.45, 2.75) is 32.7 Å². The second-order valence-corrected chi connectivity index (χ2v) is 4.35. The Labute approximate surface area is 113 Å². The molecule has 0 saturated heterocycles. The molecule has 0 atom stereocenters. The third-order valence-electron chi connectivity index (χ3n) is 2.82. The quantitative estimate of drug-likeness (QED) is 0.691. The van der Waals surface area contributed by atoms with Gasteiger partial charge in [-0.05, 0) is 12.8 Å². The van der Waals surface area contributed by atoms with Gasteiger partial charge in [0.25, 0.3) is 5.56 Å². The maximum Gasteiger partial charge on any atom is 0.305 e. The van der Waals surface area contributed by atoms with E-state index in [4.69, 9.17) is 0 Å². The van der Waals surface area contributed by atoms with Gasteiger partial charge in [0.1, 0.15) is 0 Å². The molecule has 0 radical (unpaired) electrons. The maximum atomic E-state index is 12.1. The van der Waals surface area contributed by atoms with Crippen LogP contribution < -0.4 is 10.5 Å². The molecule has 1 rings (SSSR count). The Balaban J connectivity index is 2.66. The minimum atomic E-state index is -0.238. The van der Waals surface area contributed by atoms with Crippen molar-refractivity contribution in [3.63, 3.8) is 0 Å². The highest BCUT2D eigenvalue weighted by atomic mass is 16.5. The summed E-state index contributed by atoms with van der Waals surface area (Å²) in [6.45, 7) is 3.30. The van der Waals surface area contributed by atoms with E-state index in [0.29, 0.717) is 31.7 Å². The Bertz CT molecular complexity index is 470. The van der Waals surface area contributed by atoms with Gasteiger partial charge in [-0.1, -0.05) is 6.92 Å². The fourth-order valence-corrected chi connectivity index (χ4v) is 1.78. The normalized spacial score (nSPS) is 10.3. The zero-order chi connectivity index (χ0) is 14.3. The molecule has 1 aromatic rings. The number of rotatable bonds is 7. The number of ether oxygens (including phenoxy) is 1. The number of aromatic nitrogens is 2. The molecule has 6 heteroatoms. The third-order valence-corrected chi connectivity index (χ3v) is 2.82. The van der Waals surface area contributed by atoms with Crippen LogP contribution in [0.15, 0.2) is 17.2 Å². The molecule has 0 aromatic carbocycles. The molecule has 1 heterocycles. The van der Waals surface area contributed by atoms with Crippen molar-refractivity contribution in [1.82, 2.24) is 9.55 Å². The zero-order valence-electron chi connectivity index (χ0n) is 11.8. The molecular weight excluding hydrogens is 246 g/mol. The van der Waals surface area contributed by atoms with Crippen LogP contribution in [-0.4, -0.2) is 36.2 Å². The Morgan fingerprint density at radius 2 is 2.26 bits per heavy atom. The van der Waals surface area contributed by atoms with Gasteiger partial charge < -0.3 is 14.2 Å². The number of hydrogen-bond acceptors (Lipinski definition) is 5. The number of nitrogens with zero attached hydrogens (tertiary/aromatic N) is 3. The molecule has 0 saturated carbocycles. The van der Waals surface area contributed by atoms with E-state index in [1.807, 2.05) is 6.92 Å². The SMILES string of the molecule is CCCn1ccnc(N(C)CCCC(=O)OC)c1=O. The first-order valence-electron chi connectivity index (χ1n) is 6.43. The number of carbonyl (C=O) groups excluding carboxylic acids is 1. The Kier molecular flexibility index (Phi) is 6.05. The summed E-state index contributed by atoms with van der Waals surface area (Å²) in [5.41, 5.74) is -0.0927. The van der Waals surface area contributed by atoms with Crippen LogP contribution in [0.2, 0.25) is 0 Å². The first-order valence-corrected chi connectivity index (χ1v) is 6.43. The summed E-state index contributed by atoms with van der Waals surface area (Å²) in [7, 11) is 3.17. The first kappa shape index (κ1) is 15.2. The van der Waals surface area contributed by atoms with E-state index in [-0.39, 0.29) is 11.5 Å². The highest BCUT2D eigenvalue weighted by molar-refractivity contribution is 5.69. The Morgan fingerprint density at radius 1 is 1.53 bits per heavy atom. The lowest BCUT2D eigenvalue weighted by atomic mass is 10.3. The van der Waals surface area contributed by atoms with Gasteiger partial charge in [-0.15, -0.1) is 0 Å². The van der Waals surface area contributed by atoms with Crippen LogP contribution in [0, 0.1) is 0 Å². The molecule has 0 aliphatic carbocycles. The molecule has 106 valence electrons. The summed E-state index contributed by atoms with van der Waals surface area (Å²) >= 11 is 0. The van der Waals surface area contributed by atoms with Gasteiger partial charge in [0.2, 0.25) is 0 Å². The van der Waals surface area contributed by atoms with E-state index in [0.717, 1.165) is 6.42 Å². The van der Waals surface area contributed by atoms with Crippen molar-refractivity contribution in [3.8, 4) is 0 Å². The summed E-state index contributed by atoms with van der Waals surface area (Å²) in [5.74, 6) is 0.179. The standard InChI is InChI=1S/C13H21N3O3/c1-4-8-16-10-7-14-12(13(16)18)15(2)9-5-6-11(17)19-3/h7,10H,4-6,8-9H2,1-3H3. The predicted octanol–water partition coefficient (Wildman–Crippen LogP) is 1.04. The summed E-state index contributed by atoms with van der Waals surface area (Å²) < 4.78 is 6.23. The van der Waals surface area contributed by atoms with Crippen molar-refractivity contribution >= 4 is 11.8 Å². The molecule has 0 aliphatic rings. The number of hydrogen-bond donors (Lipinski definition) is 0. The summed E-state index contributed by atoms with van der Waals surface area (Å²) in [5, 5.41) is 0. The summed E-state index contributed by atoms with van der Waals surface area (Å²) in [4.78, 5) is 29.0. The van der Waals surface area contributed by atoms with Gasteiger partial charge in [-0.25, -0.2) is 4.98 Å². The largest absolute Gasteiger partial charge is 0.469 e. The third kappa shape index (κ3) is 4.39. The zero-order valence-corrected chi connectivity index (χ0v) is 11.8. The minimum Gasteiger partial charge on any atom is -0.469 e. The molecule has 0 bridgehead atoms. The van der Waals surface area contributed by atoms with E-state index < -0.39 is 0 Å². The van der Waals surface area contributed by atoms with Gasteiger partial charge in [0, 0.05) is 39.0 Å². The Morgan fingerprint density at radius 3 is 2.89 bits per heavy atom. The van der Waals surface area contributed by atoms with Crippen LogP contribution in [-0.2, 0) is 16.1 Å². The van der Waals surface area contributed by atoms with Crippen LogP contribution in [0.3, 0.4) is 0 Å². The lowest BCUT2D eigenvalue weighted by Crippen LogP contribution is -2.31. The molecule has 0 amide bonds. The lowest BCUT2D eigenvalue weighted by Gasteiger charge is -2.17. The number of anilines is 1. The predicted molar refractivity (Wildman–Crippen MR) is 73.3 cm³/mol. The van der Waals surface area contributed by atoms with Gasteiger partial charge in [-0.3, -0.25) is 9.59 Å². The molecule has 0 unspecified atom stereocenters. The van der Waals surface area contributed by atoms with Gasteiger partial charge in [0.05, 0.1) is 7.11 Å². The van der Waals surface area contributed by atoms with E-state index in [2.05, 4.69) is 9.72 Å². The second-order valence-electron chi connectivity index (χ2n) is 4.35. The maximum absolute atomic E-state index is 12.1. The fourth-order valence-electron chi connectivity index (χ4n) is 1.78. The molecule has 0 aliphatic heterocycles. The monoisotopic (exact) mass is 267 g/mol. The van der Waals surface area contributed by atoms with Crippen molar-refractivity contribution in [2.75, 3.05) is 25.6 Å². The molecule has 1 aromatic heterocycles. The van der Waals surface area contributed by atoms with E-state index >= 15 is 0 Å². The first-order chi connectivity index (χ1) is 9.10. The van der Waals surface area contributed by atoms with Crippen molar-refractivity contribution in [1.29, 1.82) is 0 Å². The molecule has 19 heavy (non-hydrogen) atoms. The highest BCUT2D eigenvalue weighted by Gasteiger charge is 2.10. The van der Waals surface area contributed by atoms with Crippen molar-refractivity contribution < 1.29 is 9.53 Å². The van der Waals surface area contributed by atoms with Gasteiger partial charge in [-0.2, -0.15) is 0 Å². The van der Waals surface area contributed by atoms with Gasteiger partial charge >= 0.3 is 5.97 Å². The van der Waals surface area contributed by atoms with Crippen LogP contribution in [0.4, 0.5) is 5.82 Å². The fraction of sp³-hybridized carbons (Fsp3) is 0.615. The number of carbonyl (C=O) groups is 1. The van der Waals surface area contributed by atoms with E-state index in [1.165, 1.54) is 7.11 Å². The number of esters is 1. The molecule has 0 fully saturated rings. The van der Waals surface area contributed by atoms with Crippen LogP contribution >= 0.6 is 0 Å². The van der Waals surface area contributed by atoms with E-state index in [1.54, 1.807) is 28.9 Å². The molecule has 0 spiro atoms. The topological polar surface area (TPSA) is 64.4 Å². The Hall–Kier alpha value is -1.85. The van der Waals surface area contributed by atoms with Crippen LogP contribution in [0.25, 0.3) is 0 Å². The van der Waals surface area contributed by atoms with Crippen molar-refractivity contribution in [3.05, 3.63) is 22.7 Å². The average Bonchev–Trinajstić information content (AvgIpc) is 2.41. The minimum absolute atomic E-state index is 0.0927. The van der Waals surface area contributed by atoms with Gasteiger partial charge in [0.15, 0.2) is 5.82 Å². The second kappa shape index (κ2) is 7.56. The molecule has 6 nitrogen and oxygen atoms in total. The summed E-state index contributed by atoms with van der Waals surface area (Å²) in [6, 6.07) is 0. The van der Waals surface area contributed by atoms with Crippen molar-refractivity contribution in [2.24, 2.45) is 0 Å².